The van der Waals surface area contributed by atoms with Crippen LogP contribution in [0.2, 0.25) is 0 Å². The Balaban J connectivity index is 1.44. The van der Waals surface area contributed by atoms with Gasteiger partial charge in [0, 0.05) is 48.0 Å². The zero-order valence-corrected chi connectivity index (χ0v) is 17.1. The molecule has 1 aliphatic heterocycles. The van der Waals surface area contributed by atoms with Crippen LogP contribution in [-0.2, 0) is 11.3 Å². The van der Waals surface area contributed by atoms with Crippen LogP contribution in [-0.4, -0.2) is 58.9 Å². The Morgan fingerprint density at radius 2 is 1.96 bits per heavy atom. The Morgan fingerprint density at radius 3 is 2.58 bits per heavy atom. The van der Waals surface area contributed by atoms with Crippen molar-refractivity contribution >= 4 is 35.0 Å². The van der Waals surface area contributed by atoms with E-state index in [0.717, 1.165) is 50.3 Å². The second-order valence-corrected chi connectivity index (χ2v) is 9.29. The zero-order chi connectivity index (χ0) is 18.4. The molecule has 0 aromatic carbocycles. The van der Waals surface area contributed by atoms with Crippen LogP contribution in [0.1, 0.15) is 37.5 Å². The molecule has 1 aromatic heterocycles. The molecule has 0 unspecified atom stereocenters. The molecular formula is C19H29N3O2S2. The predicted molar refractivity (Wildman–Crippen MR) is 109 cm³/mol. The fourth-order valence-electron chi connectivity index (χ4n) is 3.71. The van der Waals surface area contributed by atoms with Crippen molar-refractivity contribution in [1.82, 2.24) is 15.1 Å². The van der Waals surface area contributed by atoms with Crippen LogP contribution in [0.4, 0.5) is 4.79 Å². The summed E-state index contributed by atoms with van der Waals surface area (Å²) in [6.45, 7) is 5.17. The Morgan fingerprint density at radius 1 is 1.23 bits per heavy atom. The smallest absolute Gasteiger partial charge is 0.317 e. The molecule has 0 atom stereocenters. The highest BCUT2D eigenvalue weighted by atomic mass is 32.2. The molecule has 144 valence electrons. The van der Waals surface area contributed by atoms with Crippen molar-refractivity contribution in [2.24, 2.45) is 5.92 Å². The highest BCUT2D eigenvalue weighted by Crippen LogP contribution is 2.27. The topological polar surface area (TPSA) is 52.7 Å². The number of carbonyl (C=O) groups excluding carboxylic acids is 2. The molecular weight excluding hydrogens is 366 g/mol. The van der Waals surface area contributed by atoms with E-state index in [2.05, 4.69) is 11.4 Å². The van der Waals surface area contributed by atoms with Gasteiger partial charge in [-0.25, -0.2) is 4.79 Å². The van der Waals surface area contributed by atoms with Gasteiger partial charge in [-0.1, -0.05) is 6.07 Å². The highest BCUT2D eigenvalue weighted by molar-refractivity contribution is 7.99. The van der Waals surface area contributed by atoms with Crippen LogP contribution in [0.5, 0.6) is 0 Å². The average molecular weight is 396 g/mol. The number of hydrogen-bond donors (Lipinski definition) is 1. The lowest BCUT2D eigenvalue weighted by atomic mass is 9.85. The summed E-state index contributed by atoms with van der Waals surface area (Å²) in [6, 6.07) is 4.30. The second-order valence-electron chi connectivity index (χ2n) is 7.03. The number of rotatable bonds is 5. The number of urea groups is 1. The first kappa shape index (κ1) is 19.5. The Kier molecular flexibility index (Phi) is 7.25. The summed E-state index contributed by atoms with van der Waals surface area (Å²) in [7, 11) is 0. The zero-order valence-electron chi connectivity index (χ0n) is 15.5. The summed E-state index contributed by atoms with van der Waals surface area (Å²) in [5.41, 5.74) is 0. The maximum atomic E-state index is 12.6. The van der Waals surface area contributed by atoms with E-state index < -0.39 is 0 Å². The van der Waals surface area contributed by atoms with Gasteiger partial charge >= 0.3 is 6.03 Å². The van der Waals surface area contributed by atoms with Gasteiger partial charge in [0.1, 0.15) is 0 Å². The third-order valence-corrected chi connectivity index (χ3v) is 7.13. The molecule has 2 aliphatic rings. The predicted octanol–water partition coefficient (Wildman–Crippen LogP) is 3.41. The lowest BCUT2D eigenvalue weighted by Crippen LogP contribution is -2.47. The highest BCUT2D eigenvalue weighted by Gasteiger charge is 2.31. The van der Waals surface area contributed by atoms with Crippen molar-refractivity contribution in [3.63, 3.8) is 0 Å². The van der Waals surface area contributed by atoms with Crippen LogP contribution in [0.25, 0.3) is 0 Å². The first-order valence-electron chi connectivity index (χ1n) is 9.61. The fourth-order valence-corrected chi connectivity index (χ4v) is 5.33. The van der Waals surface area contributed by atoms with Gasteiger partial charge in [-0.2, -0.15) is 11.8 Å². The molecule has 0 radical (unpaired) electrons. The van der Waals surface area contributed by atoms with E-state index in [1.165, 1.54) is 4.88 Å². The first-order valence-corrected chi connectivity index (χ1v) is 11.6. The molecule has 0 bridgehead atoms. The van der Waals surface area contributed by atoms with Crippen molar-refractivity contribution in [3.8, 4) is 0 Å². The lowest BCUT2D eigenvalue weighted by Gasteiger charge is -2.34. The number of nitrogens with zero attached hydrogens (tertiary/aromatic N) is 2. The molecule has 1 saturated carbocycles. The minimum atomic E-state index is 0.0173. The van der Waals surface area contributed by atoms with Gasteiger partial charge in [0.2, 0.25) is 5.91 Å². The van der Waals surface area contributed by atoms with Gasteiger partial charge in [0.25, 0.3) is 0 Å². The molecule has 3 rings (SSSR count). The molecule has 0 spiro atoms. The Bertz CT molecular complexity index is 580. The molecule has 3 amide bonds. The number of amides is 3. The van der Waals surface area contributed by atoms with Crippen LogP contribution in [0.3, 0.4) is 0 Å². The van der Waals surface area contributed by atoms with E-state index in [1.54, 1.807) is 11.3 Å². The monoisotopic (exact) mass is 395 g/mol. The summed E-state index contributed by atoms with van der Waals surface area (Å²) in [5, 5.41) is 5.23. The van der Waals surface area contributed by atoms with Crippen LogP contribution in [0, 0.1) is 5.92 Å². The molecule has 1 aromatic rings. The van der Waals surface area contributed by atoms with E-state index >= 15 is 0 Å². The normalized spacial score (nSPS) is 23.5. The summed E-state index contributed by atoms with van der Waals surface area (Å²) in [5.74, 6) is 2.62. The van der Waals surface area contributed by atoms with Crippen molar-refractivity contribution in [2.75, 3.05) is 31.1 Å². The summed E-state index contributed by atoms with van der Waals surface area (Å²) in [4.78, 5) is 30.3. The van der Waals surface area contributed by atoms with Gasteiger partial charge in [-0.3, -0.25) is 4.79 Å². The molecule has 1 N–H and O–H groups in total. The lowest BCUT2D eigenvalue weighted by molar-refractivity contribution is -0.136. The average Bonchev–Trinajstić information content (AvgIpc) is 3.20. The molecule has 1 aliphatic carbocycles. The number of thiophene rings is 1. The van der Waals surface area contributed by atoms with E-state index in [-0.39, 0.29) is 18.0 Å². The van der Waals surface area contributed by atoms with E-state index in [9.17, 15) is 9.59 Å². The summed E-state index contributed by atoms with van der Waals surface area (Å²) >= 11 is 3.61. The van der Waals surface area contributed by atoms with Crippen molar-refractivity contribution in [3.05, 3.63) is 22.4 Å². The van der Waals surface area contributed by atoms with Crippen molar-refractivity contribution < 1.29 is 9.59 Å². The van der Waals surface area contributed by atoms with Gasteiger partial charge in [-0.05, 0) is 44.1 Å². The molecule has 26 heavy (non-hydrogen) atoms. The third kappa shape index (κ3) is 5.16. The minimum Gasteiger partial charge on any atom is -0.341 e. The van der Waals surface area contributed by atoms with Crippen LogP contribution in [0.15, 0.2) is 17.5 Å². The molecule has 2 fully saturated rings. The van der Waals surface area contributed by atoms with Crippen molar-refractivity contribution in [1.29, 1.82) is 0 Å². The summed E-state index contributed by atoms with van der Waals surface area (Å²) in [6.07, 6.45) is 3.59. The van der Waals surface area contributed by atoms with Gasteiger partial charge < -0.3 is 15.1 Å². The van der Waals surface area contributed by atoms with Crippen molar-refractivity contribution in [2.45, 2.75) is 45.2 Å². The van der Waals surface area contributed by atoms with E-state index in [1.807, 2.05) is 39.9 Å². The molecule has 1 saturated heterocycles. The van der Waals surface area contributed by atoms with Gasteiger partial charge in [-0.15, -0.1) is 11.3 Å². The maximum Gasteiger partial charge on any atom is 0.317 e. The summed E-state index contributed by atoms with van der Waals surface area (Å²) < 4.78 is 0. The van der Waals surface area contributed by atoms with E-state index in [4.69, 9.17) is 0 Å². The number of carbonyl (C=O) groups is 2. The minimum absolute atomic E-state index is 0.0173. The SMILES string of the molecule is CCN(Cc1cccs1)C(=O)NC1CCC(C(=O)N2CCSCC2)CC1. The Hall–Kier alpha value is -1.21. The number of hydrogen-bond acceptors (Lipinski definition) is 4. The number of thioether (sulfide) groups is 1. The third-order valence-electron chi connectivity index (χ3n) is 5.32. The second kappa shape index (κ2) is 9.65. The molecule has 7 heteroatoms. The first-order chi connectivity index (χ1) is 12.7. The maximum absolute atomic E-state index is 12.6. The molecule has 2 heterocycles. The van der Waals surface area contributed by atoms with Crippen LogP contribution < -0.4 is 5.32 Å². The quantitative estimate of drug-likeness (QED) is 0.831. The number of nitrogens with one attached hydrogen (secondary N) is 1. The standard InChI is InChI=1S/C19H29N3O2S2/c1-2-21(14-17-4-3-11-26-17)19(24)20-16-7-5-15(6-8-16)18(23)22-9-12-25-13-10-22/h3-4,11,15-16H,2,5-10,12-14H2,1H3,(H,20,24). The molecule has 5 nitrogen and oxygen atoms in total. The Labute approximate surface area is 164 Å². The van der Waals surface area contributed by atoms with Gasteiger partial charge in [0.05, 0.1) is 6.54 Å². The van der Waals surface area contributed by atoms with Gasteiger partial charge in [0.15, 0.2) is 0 Å². The van der Waals surface area contributed by atoms with Crippen LogP contribution >= 0.6 is 23.1 Å². The fraction of sp³-hybridized carbons (Fsp3) is 0.684. The van der Waals surface area contributed by atoms with E-state index in [0.29, 0.717) is 19.0 Å². The largest absolute Gasteiger partial charge is 0.341 e.